The number of Topliss-reactive ketones (excluding diaryl/α,β-unsaturated/α-hetero) is 1. The molecule has 0 fully saturated rings. The number of fused-ring (bicyclic) bond motifs is 1. The van der Waals surface area contributed by atoms with Crippen LogP contribution >= 0.6 is 0 Å². The van der Waals surface area contributed by atoms with Gasteiger partial charge in [-0.1, -0.05) is 36.4 Å². The SMILES string of the molecule is C[C@H](OC(=O)CCC(=O)c1ccccc1)C(=O)NCc1ccc2c(c1)OCO2. The highest BCUT2D eigenvalue weighted by Crippen LogP contribution is 2.32. The fourth-order valence-electron chi connectivity index (χ4n) is 2.68. The smallest absolute Gasteiger partial charge is 0.307 e. The van der Waals surface area contributed by atoms with E-state index in [0.717, 1.165) is 5.56 Å². The molecule has 0 aliphatic carbocycles. The van der Waals surface area contributed by atoms with Crippen molar-refractivity contribution in [3.05, 3.63) is 59.7 Å². The summed E-state index contributed by atoms with van der Waals surface area (Å²) in [6.45, 7) is 1.95. The quantitative estimate of drug-likeness (QED) is 0.557. The zero-order valence-electron chi connectivity index (χ0n) is 15.5. The predicted octanol–water partition coefficient (Wildman–Crippen LogP) is 2.63. The molecule has 1 heterocycles. The number of amides is 1. The molecule has 0 spiro atoms. The molecule has 0 unspecified atom stereocenters. The molecular formula is C21H21NO6. The Morgan fingerprint density at radius 3 is 2.57 bits per heavy atom. The van der Waals surface area contributed by atoms with Crippen molar-refractivity contribution in [1.82, 2.24) is 5.32 Å². The summed E-state index contributed by atoms with van der Waals surface area (Å²) in [7, 11) is 0. The zero-order chi connectivity index (χ0) is 19.9. The van der Waals surface area contributed by atoms with Crippen molar-refractivity contribution in [2.45, 2.75) is 32.4 Å². The molecular weight excluding hydrogens is 362 g/mol. The van der Waals surface area contributed by atoms with E-state index in [0.29, 0.717) is 17.1 Å². The average molecular weight is 383 g/mol. The molecule has 7 nitrogen and oxygen atoms in total. The first-order valence-corrected chi connectivity index (χ1v) is 8.97. The lowest BCUT2D eigenvalue weighted by molar-refractivity contribution is -0.154. The van der Waals surface area contributed by atoms with Gasteiger partial charge in [0.15, 0.2) is 23.4 Å². The molecule has 2 aromatic carbocycles. The maximum atomic E-state index is 12.1. The molecule has 1 N–H and O–H groups in total. The standard InChI is InChI=1S/C21H21NO6/c1-14(28-20(24)10-8-17(23)16-5-3-2-4-6-16)21(25)22-12-15-7-9-18-19(11-15)27-13-26-18/h2-7,9,11,14H,8,10,12-13H2,1H3,(H,22,25)/t14-/m0/s1. The van der Waals surface area contributed by atoms with Crippen molar-refractivity contribution in [2.75, 3.05) is 6.79 Å². The van der Waals surface area contributed by atoms with Gasteiger partial charge in [0.05, 0.1) is 6.42 Å². The Morgan fingerprint density at radius 2 is 1.79 bits per heavy atom. The molecule has 1 atom stereocenters. The van der Waals surface area contributed by atoms with Crippen LogP contribution in [0.4, 0.5) is 0 Å². The number of hydrogen-bond acceptors (Lipinski definition) is 6. The van der Waals surface area contributed by atoms with Crippen LogP contribution in [0, 0.1) is 0 Å². The third-order valence-corrected chi connectivity index (χ3v) is 4.23. The lowest BCUT2D eigenvalue weighted by atomic mass is 10.1. The van der Waals surface area contributed by atoms with Gasteiger partial charge in [-0.05, 0) is 24.6 Å². The minimum atomic E-state index is -0.951. The highest BCUT2D eigenvalue weighted by molar-refractivity contribution is 5.97. The molecule has 28 heavy (non-hydrogen) atoms. The Kier molecular flexibility index (Phi) is 6.26. The Morgan fingerprint density at radius 1 is 1.04 bits per heavy atom. The number of carbonyl (C=O) groups excluding carboxylic acids is 3. The fourth-order valence-corrected chi connectivity index (χ4v) is 2.68. The third kappa shape index (κ3) is 5.09. The van der Waals surface area contributed by atoms with Gasteiger partial charge < -0.3 is 19.5 Å². The van der Waals surface area contributed by atoms with Crippen LogP contribution in [0.3, 0.4) is 0 Å². The lowest BCUT2D eigenvalue weighted by Gasteiger charge is -2.13. The highest BCUT2D eigenvalue weighted by Gasteiger charge is 2.19. The molecule has 1 amide bonds. The van der Waals surface area contributed by atoms with Crippen LogP contribution in [0.2, 0.25) is 0 Å². The van der Waals surface area contributed by atoms with Crippen LogP contribution < -0.4 is 14.8 Å². The summed E-state index contributed by atoms with van der Waals surface area (Å²) in [5, 5.41) is 2.71. The normalized spacial score (nSPS) is 12.9. The Bertz CT molecular complexity index is 864. The highest BCUT2D eigenvalue weighted by atomic mass is 16.7. The Hall–Kier alpha value is -3.35. The first-order valence-electron chi connectivity index (χ1n) is 8.97. The van der Waals surface area contributed by atoms with Gasteiger partial charge in [-0.15, -0.1) is 0 Å². The number of benzene rings is 2. The van der Waals surface area contributed by atoms with E-state index in [-0.39, 0.29) is 32.0 Å². The summed E-state index contributed by atoms with van der Waals surface area (Å²) >= 11 is 0. The van der Waals surface area contributed by atoms with Crippen molar-refractivity contribution in [2.24, 2.45) is 0 Å². The molecule has 1 aliphatic rings. The predicted molar refractivity (Wildman–Crippen MR) is 100.0 cm³/mol. The average Bonchev–Trinajstić information content (AvgIpc) is 3.18. The second kappa shape index (κ2) is 9.03. The summed E-state index contributed by atoms with van der Waals surface area (Å²) < 4.78 is 15.6. The third-order valence-electron chi connectivity index (χ3n) is 4.23. The van der Waals surface area contributed by atoms with Gasteiger partial charge in [0.2, 0.25) is 6.79 Å². The molecule has 0 saturated heterocycles. The zero-order valence-corrected chi connectivity index (χ0v) is 15.5. The van der Waals surface area contributed by atoms with E-state index in [1.165, 1.54) is 6.92 Å². The van der Waals surface area contributed by atoms with Crippen molar-refractivity contribution in [3.8, 4) is 11.5 Å². The van der Waals surface area contributed by atoms with Crippen LogP contribution in [-0.2, 0) is 20.9 Å². The number of ketones is 1. The molecule has 2 aromatic rings. The molecule has 0 bridgehead atoms. The van der Waals surface area contributed by atoms with Gasteiger partial charge in [-0.3, -0.25) is 14.4 Å². The van der Waals surface area contributed by atoms with Crippen molar-refractivity contribution in [1.29, 1.82) is 0 Å². The Labute approximate surface area is 162 Å². The minimum Gasteiger partial charge on any atom is -0.454 e. The van der Waals surface area contributed by atoms with E-state index < -0.39 is 18.0 Å². The van der Waals surface area contributed by atoms with E-state index in [9.17, 15) is 14.4 Å². The van der Waals surface area contributed by atoms with Crippen LogP contribution in [0.15, 0.2) is 48.5 Å². The van der Waals surface area contributed by atoms with Gasteiger partial charge in [0.1, 0.15) is 0 Å². The molecule has 1 aliphatic heterocycles. The van der Waals surface area contributed by atoms with Gasteiger partial charge in [0, 0.05) is 18.5 Å². The largest absolute Gasteiger partial charge is 0.454 e. The van der Waals surface area contributed by atoms with E-state index in [1.807, 2.05) is 12.1 Å². The molecule has 0 radical (unpaired) electrons. The summed E-state index contributed by atoms with van der Waals surface area (Å²) in [4.78, 5) is 36.0. The van der Waals surface area contributed by atoms with Gasteiger partial charge in [-0.25, -0.2) is 0 Å². The van der Waals surface area contributed by atoms with E-state index in [2.05, 4.69) is 5.32 Å². The first-order chi connectivity index (χ1) is 13.5. The summed E-state index contributed by atoms with van der Waals surface area (Å²) in [5.41, 5.74) is 1.38. The second-order valence-corrected chi connectivity index (χ2v) is 6.33. The molecule has 0 saturated carbocycles. The molecule has 146 valence electrons. The number of carbonyl (C=O) groups is 3. The van der Waals surface area contributed by atoms with Crippen LogP contribution in [0.1, 0.15) is 35.7 Å². The van der Waals surface area contributed by atoms with Crippen molar-refractivity contribution >= 4 is 17.7 Å². The van der Waals surface area contributed by atoms with Crippen LogP contribution in [-0.4, -0.2) is 30.6 Å². The number of rotatable bonds is 8. The Balaban J connectivity index is 1.41. The summed E-state index contributed by atoms with van der Waals surface area (Å²) in [6, 6.07) is 14.1. The molecule has 3 rings (SSSR count). The summed E-state index contributed by atoms with van der Waals surface area (Å²) in [6.07, 6.45) is -0.990. The van der Waals surface area contributed by atoms with Crippen LogP contribution in [0.5, 0.6) is 11.5 Å². The monoisotopic (exact) mass is 383 g/mol. The first kappa shape index (κ1) is 19.4. The van der Waals surface area contributed by atoms with Crippen molar-refractivity contribution in [3.63, 3.8) is 0 Å². The lowest BCUT2D eigenvalue weighted by Crippen LogP contribution is -2.35. The number of hydrogen-bond donors (Lipinski definition) is 1. The van der Waals surface area contributed by atoms with E-state index in [1.54, 1.807) is 36.4 Å². The van der Waals surface area contributed by atoms with Gasteiger partial charge in [0.25, 0.3) is 5.91 Å². The van der Waals surface area contributed by atoms with Crippen molar-refractivity contribution < 1.29 is 28.6 Å². The van der Waals surface area contributed by atoms with E-state index in [4.69, 9.17) is 14.2 Å². The van der Waals surface area contributed by atoms with Crippen LogP contribution in [0.25, 0.3) is 0 Å². The van der Waals surface area contributed by atoms with Gasteiger partial charge >= 0.3 is 5.97 Å². The van der Waals surface area contributed by atoms with E-state index >= 15 is 0 Å². The molecule has 0 aromatic heterocycles. The number of nitrogens with one attached hydrogen (secondary N) is 1. The summed E-state index contributed by atoms with van der Waals surface area (Å²) in [5.74, 6) is 0.157. The number of esters is 1. The second-order valence-electron chi connectivity index (χ2n) is 6.33. The fraction of sp³-hybridized carbons (Fsp3) is 0.286. The minimum absolute atomic E-state index is 0.0361. The topological polar surface area (TPSA) is 90.9 Å². The maximum absolute atomic E-state index is 12.1. The number of ether oxygens (including phenoxy) is 3. The maximum Gasteiger partial charge on any atom is 0.307 e. The molecule has 7 heteroatoms. The van der Waals surface area contributed by atoms with Gasteiger partial charge in [-0.2, -0.15) is 0 Å².